The summed E-state index contributed by atoms with van der Waals surface area (Å²) in [6.07, 6.45) is 0. The SMILES string of the molecule is COC(=O)C1c2ccccc2-c2cc(Cl)c(C)cc21. The van der Waals surface area contributed by atoms with E-state index in [1.807, 2.05) is 43.3 Å². The zero-order valence-electron chi connectivity index (χ0n) is 10.7. The Morgan fingerprint density at radius 1 is 1.16 bits per heavy atom. The normalized spacial score (nSPS) is 15.8. The van der Waals surface area contributed by atoms with Gasteiger partial charge in [0.2, 0.25) is 0 Å². The van der Waals surface area contributed by atoms with Crippen molar-refractivity contribution in [3.8, 4) is 11.1 Å². The minimum Gasteiger partial charge on any atom is -0.468 e. The average molecular weight is 273 g/mol. The third-order valence-electron chi connectivity index (χ3n) is 3.64. The molecule has 0 saturated heterocycles. The Morgan fingerprint density at radius 3 is 2.63 bits per heavy atom. The minimum atomic E-state index is -0.341. The van der Waals surface area contributed by atoms with E-state index in [2.05, 4.69) is 0 Å². The molecule has 2 nitrogen and oxygen atoms in total. The number of carbonyl (C=O) groups is 1. The minimum absolute atomic E-state index is 0.229. The number of rotatable bonds is 1. The molecule has 96 valence electrons. The van der Waals surface area contributed by atoms with Crippen LogP contribution in [0.15, 0.2) is 36.4 Å². The van der Waals surface area contributed by atoms with Crippen molar-refractivity contribution in [1.29, 1.82) is 0 Å². The Hall–Kier alpha value is -1.80. The van der Waals surface area contributed by atoms with Crippen molar-refractivity contribution in [1.82, 2.24) is 0 Å². The van der Waals surface area contributed by atoms with Crippen LogP contribution in [-0.2, 0) is 9.53 Å². The highest BCUT2D eigenvalue weighted by Gasteiger charge is 2.34. The van der Waals surface area contributed by atoms with Crippen molar-refractivity contribution < 1.29 is 9.53 Å². The van der Waals surface area contributed by atoms with E-state index in [9.17, 15) is 4.79 Å². The summed E-state index contributed by atoms with van der Waals surface area (Å²) in [4.78, 5) is 12.1. The molecule has 3 heteroatoms. The lowest BCUT2D eigenvalue weighted by molar-refractivity contribution is -0.141. The van der Waals surface area contributed by atoms with Gasteiger partial charge in [0.15, 0.2) is 0 Å². The summed E-state index contributed by atoms with van der Waals surface area (Å²) in [5.41, 5.74) is 5.04. The maximum absolute atomic E-state index is 12.1. The van der Waals surface area contributed by atoms with Crippen molar-refractivity contribution in [3.05, 3.63) is 58.1 Å². The predicted molar refractivity (Wildman–Crippen MR) is 75.5 cm³/mol. The molecule has 0 aromatic heterocycles. The van der Waals surface area contributed by atoms with Gasteiger partial charge in [0.05, 0.1) is 7.11 Å². The molecule has 1 atom stereocenters. The molecule has 0 bridgehead atoms. The number of fused-ring (bicyclic) bond motifs is 3. The molecular weight excluding hydrogens is 260 g/mol. The molecule has 0 heterocycles. The molecule has 0 spiro atoms. The van der Waals surface area contributed by atoms with Crippen LogP contribution < -0.4 is 0 Å². The third kappa shape index (κ3) is 1.75. The molecule has 3 rings (SSSR count). The fourth-order valence-corrected chi connectivity index (χ4v) is 2.87. The first kappa shape index (κ1) is 12.2. The van der Waals surface area contributed by atoms with E-state index in [1.54, 1.807) is 0 Å². The van der Waals surface area contributed by atoms with Gasteiger partial charge in [-0.2, -0.15) is 0 Å². The summed E-state index contributed by atoms with van der Waals surface area (Å²) >= 11 is 6.20. The lowest BCUT2D eigenvalue weighted by Crippen LogP contribution is -2.13. The van der Waals surface area contributed by atoms with Gasteiger partial charge < -0.3 is 4.74 Å². The maximum Gasteiger partial charge on any atom is 0.317 e. The second kappa shape index (κ2) is 4.39. The predicted octanol–water partition coefficient (Wildman–Crippen LogP) is 3.93. The summed E-state index contributed by atoms with van der Waals surface area (Å²) < 4.78 is 4.95. The number of esters is 1. The van der Waals surface area contributed by atoms with Gasteiger partial charge in [-0.05, 0) is 40.8 Å². The molecule has 0 N–H and O–H groups in total. The van der Waals surface area contributed by atoms with E-state index in [1.165, 1.54) is 7.11 Å². The summed E-state index contributed by atoms with van der Waals surface area (Å²) in [5, 5.41) is 0.721. The van der Waals surface area contributed by atoms with Gasteiger partial charge in [-0.25, -0.2) is 0 Å². The first-order chi connectivity index (χ1) is 9.13. The number of ether oxygens (including phenoxy) is 1. The molecule has 1 unspecified atom stereocenters. The van der Waals surface area contributed by atoms with Crippen LogP contribution in [-0.4, -0.2) is 13.1 Å². The van der Waals surface area contributed by atoms with Gasteiger partial charge in [0, 0.05) is 5.02 Å². The molecule has 0 radical (unpaired) electrons. The van der Waals surface area contributed by atoms with Crippen LogP contribution in [0, 0.1) is 6.92 Å². The monoisotopic (exact) mass is 272 g/mol. The van der Waals surface area contributed by atoms with E-state index < -0.39 is 0 Å². The van der Waals surface area contributed by atoms with Crippen LogP contribution in [0.1, 0.15) is 22.6 Å². The second-order valence-electron chi connectivity index (χ2n) is 4.73. The first-order valence-corrected chi connectivity index (χ1v) is 6.48. The number of hydrogen-bond acceptors (Lipinski definition) is 2. The van der Waals surface area contributed by atoms with Crippen LogP contribution in [0.25, 0.3) is 11.1 Å². The standard InChI is InChI=1S/C16H13ClO2/c1-9-7-13-12(8-14(9)17)10-5-3-4-6-11(10)15(13)16(18)19-2/h3-8,15H,1-2H3. The number of methoxy groups -OCH3 is 1. The maximum atomic E-state index is 12.1. The molecule has 1 aliphatic rings. The topological polar surface area (TPSA) is 26.3 Å². The summed E-state index contributed by atoms with van der Waals surface area (Å²) in [6, 6.07) is 11.8. The van der Waals surface area contributed by atoms with Crippen LogP contribution in [0.3, 0.4) is 0 Å². The Balaban J connectivity index is 2.30. The van der Waals surface area contributed by atoms with Crippen molar-refractivity contribution in [3.63, 3.8) is 0 Å². The summed E-state index contributed by atoms with van der Waals surface area (Å²) in [5.74, 6) is -0.569. The number of aryl methyl sites for hydroxylation is 1. The average Bonchev–Trinajstić information content (AvgIpc) is 2.72. The molecule has 19 heavy (non-hydrogen) atoms. The highest BCUT2D eigenvalue weighted by atomic mass is 35.5. The van der Waals surface area contributed by atoms with Gasteiger partial charge in [-0.1, -0.05) is 41.9 Å². The van der Waals surface area contributed by atoms with Crippen LogP contribution >= 0.6 is 11.6 Å². The molecule has 1 aliphatic carbocycles. The van der Waals surface area contributed by atoms with E-state index in [0.29, 0.717) is 0 Å². The largest absolute Gasteiger partial charge is 0.468 e. The highest BCUT2D eigenvalue weighted by Crippen LogP contribution is 2.46. The van der Waals surface area contributed by atoms with Crippen molar-refractivity contribution >= 4 is 17.6 Å². The number of benzene rings is 2. The second-order valence-corrected chi connectivity index (χ2v) is 5.14. The third-order valence-corrected chi connectivity index (χ3v) is 4.05. The van der Waals surface area contributed by atoms with Crippen molar-refractivity contribution in [2.45, 2.75) is 12.8 Å². The van der Waals surface area contributed by atoms with E-state index in [4.69, 9.17) is 16.3 Å². The van der Waals surface area contributed by atoms with Crippen LogP contribution in [0.2, 0.25) is 5.02 Å². The molecule has 0 amide bonds. The van der Waals surface area contributed by atoms with Gasteiger partial charge >= 0.3 is 5.97 Å². The Bertz CT molecular complexity index is 676. The van der Waals surface area contributed by atoms with Gasteiger partial charge in [-0.3, -0.25) is 4.79 Å². The highest BCUT2D eigenvalue weighted by molar-refractivity contribution is 6.31. The molecular formula is C16H13ClO2. The van der Waals surface area contributed by atoms with Crippen LogP contribution in [0.4, 0.5) is 0 Å². The molecule has 2 aromatic carbocycles. The molecule has 0 saturated carbocycles. The number of carbonyl (C=O) groups excluding carboxylic acids is 1. The lowest BCUT2D eigenvalue weighted by atomic mass is 9.96. The fourth-order valence-electron chi connectivity index (χ4n) is 2.71. The smallest absolute Gasteiger partial charge is 0.317 e. The van der Waals surface area contributed by atoms with Crippen LogP contribution in [0.5, 0.6) is 0 Å². The van der Waals surface area contributed by atoms with E-state index in [-0.39, 0.29) is 11.9 Å². The van der Waals surface area contributed by atoms with Crippen molar-refractivity contribution in [2.75, 3.05) is 7.11 Å². The molecule has 0 fully saturated rings. The van der Waals surface area contributed by atoms with Gasteiger partial charge in [-0.15, -0.1) is 0 Å². The first-order valence-electron chi connectivity index (χ1n) is 6.10. The van der Waals surface area contributed by atoms with E-state index >= 15 is 0 Å². The molecule has 0 aliphatic heterocycles. The lowest BCUT2D eigenvalue weighted by Gasteiger charge is -2.11. The Labute approximate surface area is 117 Å². The van der Waals surface area contributed by atoms with Gasteiger partial charge in [0.1, 0.15) is 5.92 Å². The summed E-state index contributed by atoms with van der Waals surface area (Å²) in [7, 11) is 1.42. The van der Waals surface area contributed by atoms with Gasteiger partial charge in [0.25, 0.3) is 0 Å². The van der Waals surface area contributed by atoms with E-state index in [0.717, 1.165) is 32.8 Å². The van der Waals surface area contributed by atoms with Crippen molar-refractivity contribution in [2.24, 2.45) is 0 Å². The quantitative estimate of drug-likeness (QED) is 0.735. The Kier molecular flexibility index (Phi) is 2.83. The Morgan fingerprint density at radius 2 is 1.89 bits per heavy atom. The molecule has 2 aromatic rings. The zero-order chi connectivity index (χ0) is 13.6. The fraction of sp³-hybridized carbons (Fsp3) is 0.188. The number of halogens is 1. The number of hydrogen-bond donors (Lipinski definition) is 0. The summed E-state index contributed by atoms with van der Waals surface area (Å²) in [6.45, 7) is 1.94. The zero-order valence-corrected chi connectivity index (χ0v) is 11.5.